The zero-order valence-corrected chi connectivity index (χ0v) is 12.1. The maximum atomic E-state index is 11.5. The second-order valence-electron chi connectivity index (χ2n) is 5.20. The predicted octanol–water partition coefficient (Wildman–Crippen LogP) is 1.01. The van der Waals surface area contributed by atoms with E-state index in [1.54, 1.807) is 0 Å². The zero-order chi connectivity index (χ0) is 15.0. The molecule has 0 fully saturated rings. The quantitative estimate of drug-likeness (QED) is 0.621. The van der Waals surface area contributed by atoms with Crippen LogP contribution in [0.15, 0.2) is 24.3 Å². The molecule has 5 nitrogen and oxygen atoms in total. The van der Waals surface area contributed by atoms with Crippen LogP contribution in [0.3, 0.4) is 0 Å². The molecule has 1 unspecified atom stereocenters. The van der Waals surface area contributed by atoms with Crippen LogP contribution in [-0.2, 0) is 4.79 Å². The third-order valence-corrected chi connectivity index (χ3v) is 2.84. The summed E-state index contributed by atoms with van der Waals surface area (Å²) in [6.45, 7) is 3.60. The Hall–Kier alpha value is -1.59. The fourth-order valence-corrected chi connectivity index (χ4v) is 1.49. The van der Waals surface area contributed by atoms with Crippen molar-refractivity contribution in [3.8, 4) is 5.75 Å². The maximum Gasteiger partial charge on any atom is 0.220 e. The first-order valence-electron chi connectivity index (χ1n) is 6.72. The van der Waals surface area contributed by atoms with Gasteiger partial charge in [0, 0.05) is 13.0 Å². The largest absolute Gasteiger partial charge is 0.494 e. The molecule has 0 aliphatic heterocycles. The molecule has 0 heterocycles. The lowest BCUT2D eigenvalue weighted by atomic mass is 10.1. The predicted molar refractivity (Wildman–Crippen MR) is 76.6 cm³/mol. The van der Waals surface area contributed by atoms with E-state index in [2.05, 4.69) is 5.32 Å². The summed E-state index contributed by atoms with van der Waals surface area (Å²) in [5, 5.41) is 20.9. The highest BCUT2D eigenvalue weighted by molar-refractivity contribution is 5.75. The van der Waals surface area contributed by atoms with Crippen molar-refractivity contribution in [3.63, 3.8) is 0 Å². The second kappa shape index (κ2) is 7.87. The van der Waals surface area contributed by atoms with Gasteiger partial charge in [0.05, 0.1) is 13.2 Å². The summed E-state index contributed by atoms with van der Waals surface area (Å²) in [5.41, 5.74) is -0.0960. The lowest BCUT2D eigenvalue weighted by Gasteiger charge is -2.20. The first-order valence-corrected chi connectivity index (χ1v) is 6.72. The number of hydrogen-bond donors (Lipinski definition) is 3. The van der Waals surface area contributed by atoms with Crippen molar-refractivity contribution >= 4 is 5.91 Å². The molecule has 1 rings (SSSR count). The van der Waals surface area contributed by atoms with Crippen LogP contribution in [0.25, 0.3) is 0 Å². The van der Waals surface area contributed by atoms with E-state index < -0.39 is 5.60 Å². The van der Waals surface area contributed by atoms with E-state index in [-0.39, 0.29) is 19.1 Å². The van der Waals surface area contributed by atoms with E-state index in [9.17, 15) is 9.90 Å². The number of aliphatic hydroxyl groups is 2. The number of nitrogens with one attached hydrogen (secondary N) is 1. The van der Waals surface area contributed by atoms with Gasteiger partial charge in [0.1, 0.15) is 11.4 Å². The Morgan fingerprint density at radius 1 is 1.35 bits per heavy atom. The molecule has 0 saturated heterocycles. The minimum Gasteiger partial charge on any atom is -0.494 e. The smallest absolute Gasteiger partial charge is 0.220 e. The molecule has 0 aromatic heterocycles. The van der Waals surface area contributed by atoms with E-state index in [0.29, 0.717) is 19.4 Å². The van der Waals surface area contributed by atoms with Gasteiger partial charge in [0.2, 0.25) is 5.91 Å². The SMILES string of the molecule is Cc1ccc(OCCCC(=O)NCC(C)(O)CO)cc1. The highest BCUT2D eigenvalue weighted by atomic mass is 16.5. The van der Waals surface area contributed by atoms with Gasteiger partial charge in [-0.05, 0) is 32.4 Å². The average molecular weight is 281 g/mol. The molecule has 5 heteroatoms. The minimum atomic E-state index is -1.27. The first kappa shape index (κ1) is 16.5. The Kier molecular flexibility index (Phi) is 6.48. The Morgan fingerprint density at radius 3 is 2.60 bits per heavy atom. The maximum absolute atomic E-state index is 11.5. The molecular weight excluding hydrogens is 258 g/mol. The van der Waals surface area contributed by atoms with Gasteiger partial charge in [-0.1, -0.05) is 17.7 Å². The van der Waals surface area contributed by atoms with Crippen LogP contribution in [-0.4, -0.2) is 41.5 Å². The Morgan fingerprint density at radius 2 is 2.00 bits per heavy atom. The van der Waals surface area contributed by atoms with E-state index in [1.165, 1.54) is 12.5 Å². The highest BCUT2D eigenvalue weighted by Crippen LogP contribution is 2.11. The summed E-state index contributed by atoms with van der Waals surface area (Å²) in [5.74, 6) is 0.630. The number of amides is 1. The summed E-state index contributed by atoms with van der Waals surface area (Å²) in [7, 11) is 0. The lowest BCUT2D eigenvalue weighted by molar-refractivity contribution is -0.122. The number of carbonyl (C=O) groups is 1. The summed E-state index contributed by atoms with van der Waals surface area (Å²) in [6.07, 6.45) is 0.925. The molecule has 1 aromatic rings. The number of ether oxygens (including phenoxy) is 1. The Balaban J connectivity index is 2.14. The number of carbonyl (C=O) groups excluding carboxylic acids is 1. The highest BCUT2D eigenvalue weighted by Gasteiger charge is 2.19. The molecule has 112 valence electrons. The third kappa shape index (κ3) is 6.54. The van der Waals surface area contributed by atoms with Crippen LogP contribution in [0.2, 0.25) is 0 Å². The second-order valence-corrected chi connectivity index (χ2v) is 5.20. The molecule has 0 aliphatic carbocycles. The standard InChI is InChI=1S/C15H23NO4/c1-12-5-7-13(8-6-12)20-9-3-4-14(18)16-10-15(2,19)11-17/h5-8,17,19H,3-4,9-11H2,1-2H3,(H,16,18). The number of aryl methyl sites for hydroxylation is 1. The molecule has 0 aliphatic rings. The molecule has 0 radical (unpaired) electrons. The number of benzene rings is 1. The van der Waals surface area contributed by atoms with Crippen molar-refractivity contribution in [3.05, 3.63) is 29.8 Å². The molecule has 20 heavy (non-hydrogen) atoms. The minimum absolute atomic E-state index is 0.0428. The van der Waals surface area contributed by atoms with Gasteiger partial charge in [-0.2, -0.15) is 0 Å². The van der Waals surface area contributed by atoms with Crippen LogP contribution in [0.4, 0.5) is 0 Å². The Labute approximate surface area is 119 Å². The van der Waals surface area contributed by atoms with Crippen LogP contribution in [0.5, 0.6) is 5.75 Å². The van der Waals surface area contributed by atoms with Crippen molar-refractivity contribution in [2.24, 2.45) is 0 Å². The summed E-state index contributed by atoms with van der Waals surface area (Å²) >= 11 is 0. The van der Waals surface area contributed by atoms with Gasteiger partial charge in [-0.25, -0.2) is 0 Å². The van der Waals surface area contributed by atoms with Crippen molar-refractivity contribution < 1.29 is 19.7 Å². The van der Waals surface area contributed by atoms with Crippen molar-refractivity contribution in [2.45, 2.75) is 32.3 Å². The molecule has 1 atom stereocenters. The van der Waals surface area contributed by atoms with Crippen LogP contribution in [0.1, 0.15) is 25.3 Å². The number of aliphatic hydroxyl groups excluding tert-OH is 1. The van der Waals surface area contributed by atoms with Gasteiger partial charge in [0.15, 0.2) is 0 Å². The fraction of sp³-hybridized carbons (Fsp3) is 0.533. The van der Waals surface area contributed by atoms with E-state index in [4.69, 9.17) is 9.84 Å². The average Bonchev–Trinajstić information content (AvgIpc) is 2.43. The van der Waals surface area contributed by atoms with Crippen LogP contribution >= 0.6 is 0 Å². The molecule has 0 saturated carbocycles. The molecule has 1 amide bonds. The summed E-state index contributed by atoms with van der Waals surface area (Å²) in [6, 6.07) is 7.74. The van der Waals surface area contributed by atoms with Gasteiger partial charge in [-0.3, -0.25) is 4.79 Å². The topological polar surface area (TPSA) is 78.8 Å². The van der Waals surface area contributed by atoms with Crippen molar-refractivity contribution in [2.75, 3.05) is 19.8 Å². The zero-order valence-electron chi connectivity index (χ0n) is 12.1. The van der Waals surface area contributed by atoms with Crippen molar-refractivity contribution in [1.82, 2.24) is 5.32 Å². The molecule has 1 aromatic carbocycles. The fourth-order valence-electron chi connectivity index (χ4n) is 1.49. The first-order chi connectivity index (χ1) is 9.43. The van der Waals surface area contributed by atoms with E-state index >= 15 is 0 Å². The van der Waals surface area contributed by atoms with Crippen LogP contribution in [0, 0.1) is 6.92 Å². The molecule has 0 spiro atoms. The van der Waals surface area contributed by atoms with Crippen molar-refractivity contribution in [1.29, 1.82) is 0 Å². The Bertz CT molecular complexity index is 414. The molecule has 3 N–H and O–H groups in total. The van der Waals surface area contributed by atoms with E-state index in [1.807, 2.05) is 31.2 Å². The van der Waals surface area contributed by atoms with Crippen LogP contribution < -0.4 is 10.1 Å². The molecule has 0 bridgehead atoms. The van der Waals surface area contributed by atoms with Gasteiger partial charge in [0.25, 0.3) is 0 Å². The monoisotopic (exact) mass is 281 g/mol. The van der Waals surface area contributed by atoms with E-state index in [0.717, 1.165) is 5.75 Å². The van der Waals surface area contributed by atoms with Gasteiger partial charge >= 0.3 is 0 Å². The number of rotatable bonds is 8. The van der Waals surface area contributed by atoms with Gasteiger partial charge < -0.3 is 20.3 Å². The lowest BCUT2D eigenvalue weighted by Crippen LogP contribution is -2.43. The summed E-state index contributed by atoms with van der Waals surface area (Å²) in [4.78, 5) is 11.5. The molecular formula is C15H23NO4. The third-order valence-electron chi connectivity index (χ3n) is 2.84. The number of hydrogen-bond acceptors (Lipinski definition) is 4. The normalized spacial score (nSPS) is 13.6. The summed E-state index contributed by atoms with van der Waals surface area (Å²) < 4.78 is 5.51. The van der Waals surface area contributed by atoms with Gasteiger partial charge in [-0.15, -0.1) is 0 Å².